The number of hydrogen-bond donors (Lipinski definition) is 3. The molecule has 240 valence electrons. The van der Waals surface area contributed by atoms with Gasteiger partial charge in [-0.15, -0.1) is 0 Å². The molecule has 0 fully saturated rings. The van der Waals surface area contributed by atoms with Gasteiger partial charge >= 0.3 is 17.9 Å². The standard InChI is InChI=1S/C16H30O2.C10H18O2.C9H16O2/c1-4-6-8-9-11-13-15(12-10-7-5-2)14(3)16(17)18;1-3-4-5-6-7-8-9(2)10(11)12;1-7(2)5-4-6-8(3)9(10)11/h15H,3-13H2,1-2H3,(H,17,18);2-8H2,1H3,(H,11,12);7H,3-6H2,1-2H3,(H,10,11). The highest BCUT2D eigenvalue weighted by molar-refractivity contribution is 5.86. The van der Waals surface area contributed by atoms with E-state index in [9.17, 15) is 14.4 Å². The van der Waals surface area contributed by atoms with Crippen molar-refractivity contribution in [3.63, 3.8) is 0 Å². The second kappa shape index (κ2) is 30.6. The fourth-order valence-electron chi connectivity index (χ4n) is 4.18. The number of carboxylic acid groups (broad SMARTS) is 3. The Morgan fingerprint density at radius 2 is 0.878 bits per heavy atom. The number of unbranched alkanes of at least 4 members (excludes halogenated alkanes) is 10. The van der Waals surface area contributed by atoms with Crippen LogP contribution in [0.3, 0.4) is 0 Å². The fourth-order valence-corrected chi connectivity index (χ4v) is 4.18. The summed E-state index contributed by atoms with van der Waals surface area (Å²) in [7, 11) is 0. The van der Waals surface area contributed by atoms with Crippen molar-refractivity contribution in [1.29, 1.82) is 0 Å². The van der Waals surface area contributed by atoms with Crippen LogP contribution in [-0.2, 0) is 14.4 Å². The minimum Gasteiger partial charge on any atom is -0.478 e. The first-order valence-electron chi connectivity index (χ1n) is 16.1. The molecule has 3 N–H and O–H groups in total. The summed E-state index contributed by atoms with van der Waals surface area (Å²) in [6, 6.07) is 0. The summed E-state index contributed by atoms with van der Waals surface area (Å²) >= 11 is 0. The van der Waals surface area contributed by atoms with E-state index in [1.807, 2.05) is 0 Å². The first kappa shape index (κ1) is 43.1. The highest BCUT2D eigenvalue weighted by atomic mass is 16.4. The zero-order chi connectivity index (χ0) is 32.1. The van der Waals surface area contributed by atoms with Gasteiger partial charge in [-0.05, 0) is 50.4 Å². The third-order valence-corrected chi connectivity index (χ3v) is 7.03. The average molecular weight is 581 g/mol. The van der Waals surface area contributed by atoms with Gasteiger partial charge in [-0.25, -0.2) is 14.4 Å². The van der Waals surface area contributed by atoms with Gasteiger partial charge in [0.2, 0.25) is 0 Å². The van der Waals surface area contributed by atoms with E-state index < -0.39 is 17.9 Å². The van der Waals surface area contributed by atoms with Crippen molar-refractivity contribution in [2.24, 2.45) is 11.8 Å². The number of aliphatic carboxylic acids is 3. The lowest BCUT2D eigenvalue weighted by Gasteiger charge is -2.16. The minimum atomic E-state index is -0.867. The van der Waals surface area contributed by atoms with Crippen LogP contribution in [0.2, 0.25) is 0 Å². The molecule has 0 aliphatic carbocycles. The Hall–Kier alpha value is -2.37. The molecule has 0 amide bonds. The highest BCUT2D eigenvalue weighted by Crippen LogP contribution is 2.24. The van der Waals surface area contributed by atoms with Crippen LogP contribution in [0.25, 0.3) is 0 Å². The van der Waals surface area contributed by atoms with Crippen molar-refractivity contribution in [2.75, 3.05) is 0 Å². The number of carbonyl (C=O) groups is 3. The molecule has 0 heterocycles. The van der Waals surface area contributed by atoms with Crippen molar-refractivity contribution >= 4 is 17.9 Å². The van der Waals surface area contributed by atoms with Gasteiger partial charge in [0.15, 0.2) is 0 Å². The SMILES string of the molecule is C=C(C(=O)O)C(CCCCC)CCCCCCC.C=C(CCCC(C)C)C(=O)O.C=C(CCCCCCC)C(=O)O. The summed E-state index contributed by atoms with van der Waals surface area (Å²) in [5, 5.41) is 26.0. The summed E-state index contributed by atoms with van der Waals surface area (Å²) in [4.78, 5) is 31.6. The van der Waals surface area contributed by atoms with Crippen LogP contribution < -0.4 is 0 Å². The van der Waals surface area contributed by atoms with Crippen LogP contribution in [0.15, 0.2) is 36.5 Å². The molecule has 0 aromatic heterocycles. The van der Waals surface area contributed by atoms with E-state index in [1.165, 1.54) is 57.8 Å². The van der Waals surface area contributed by atoms with E-state index in [1.54, 1.807) is 0 Å². The molecule has 1 unspecified atom stereocenters. The van der Waals surface area contributed by atoms with Crippen LogP contribution in [0.4, 0.5) is 0 Å². The molecular weight excluding hydrogens is 516 g/mol. The lowest BCUT2D eigenvalue weighted by atomic mass is 9.89. The third-order valence-electron chi connectivity index (χ3n) is 7.03. The van der Waals surface area contributed by atoms with Gasteiger partial charge in [0.05, 0.1) is 0 Å². The molecule has 0 aliphatic heterocycles. The van der Waals surface area contributed by atoms with Crippen LogP contribution >= 0.6 is 0 Å². The van der Waals surface area contributed by atoms with Crippen molar-refractivity contribution < 1.29 is 29.7 Å². The lowest BCUT2D eigenvalue weighted by Crippen LogP contribution is -2.12. The molecule has 1 atom stereocenters. The van der Waals surface area contributed by atoms with E-state index in [0.29, 0.717) is 35.5 Å². The quantitative estimate of drug-likeness (QED) is 0.0773. The first-order chi connectivity index (χ1) is 19.3. The summed E-state index contributed by atoms with van der Waals surface area (Å²) in [5.74, 6) is -1.70. The van der Waals surface area contributed by atoms with Crippen LogP contribution in [0.5, 0.6) is 0 Å². The van der Waals surface area contributed by atoms with E-state index in [-0.39, 0.29) is 5.92 Å². The molecule has 0 saturated heterocycles. The van der Waals surface area contributed by atoms with E-state index in [2.05, 4.69) is 54.4 Å². The van der Waals surface area contributed by atoms with Crippen molar-refractivity contribution in [1.82, 2.24) is 0 Å². The number of hydrogen-bond acceptors (Lipinski definition) is 3. The second-order valence-corrected chi connectivity index (χ2v) is 11.5. The van der Waals surface area contributed by atoms with Gasteiger partial charge in [0.1, 0.15) is 0 Å². The Balaban J connectivity index is -0.000000552. The van der Waals surface area contributed by atoms with Crippen molar-refractivity contribution in [3.8, 4) is 0 Å². The third kappa shape index (κ3) is 32.0. The first-order valence-corrected chi connectivity index (χ1v) is 16.1. The van der Waals surface area contributed by atoms with Gasteiger partial charge in [-0.1, -0.05) is 138 Å². The van der Waals surface area contributed by atoms with Gasteiger partial charge in [0, 0.05) is 16.7 Å². The highest BCUT2D eigenvalue weighted by Gasteiger charge is 2.17. The van der Waals surface area contributed by atoms with Gasteiger partial charge in [0.25, 0.3) is 0 Å². The van der Waals surface area contributed by atoms with E-state index >= 15 is 0 Å². The summed E-state index contributed by atoms with van der Waals surface area (Å²) < 4.78 is 0. The Morgan fingerprint density at radius 3 is 1.27 bits per heavy atom. The summed E-state index contributed by atoms with van der Waals surface area (Å²) in [6.07, 6.45) is 20.7. The van der Waals surface area contributed by atoms with Crippen molar-refractivity contribution in [2.45, 2.75) is 157 Å². The Kier molecular flexibility index (Phi) is 32.1. The molecule has 6 nitrogen and oxygen atoms in total. The van der Waals surface area contributed by atoms with Gasteiger partial charge in [-0.2, -0.15) is 0 Å². The van der Waals surface area contributed by atoms with Gasteiger partial charge in [-0.3, -0.25) is 0 Å². The average Bonchev–Trinajstić information content (AvgIpc) is 2.91. The Labute approximate surface area is 252 Å². The monoisotopic (exact) mass is 580 g/mol. The maximum atomic E-state index is 11.0. The zero-order valence-corrected chi connectivity index (χ0v) is 27.3. The predicted molar refractivity (Wildman–Crippen MR) is 173 cm³/mol. The summed E-state index contributed by atoms with van der Waals surface area (Å²) in [6.45, 7) is 21.5. The predicted octanol–water partition coefficient (Wildman–Crippen LogP) is 10.6. The number of carboxylic acids is 3. The molecule has 0 radical (unpaired) electrons. The molecule has 0 aromatic rings. The zero-order valence-electron chi connectivity index (χ0n) is 27.3. The molecule has 0 spiro atoms. The molecule has 0 rings (SSSR count). The van der Waals surface area contributed by atoms with Crippen LogP contribution in [0, 0.1) is 11.8 Å². The van der Waals surface area contributed by atoms with Crippen LogP contribution in [0.1, 0.15) is 157 Å². The maximum absolute atomic E-state index is 11.0. The molecule has 0 bridgehead atoms. The Bertz CT molecular complexity index is 722. The van der Waals surface area contributed by atoms with E-state index in [4.69, 9.17) is 15.3 Å². The largest absolute Gasteiger partial charge is 0.478 e. The topological polar surface area (TPSA) is 112 Å². The molecule has 0 saturated carbocycles. The lowest BCUT2D eigenvalue weighted by molar-refractivity contribution is -0.134. The van der Waals surface area contributed by atoms with Crippen LogP contribution in [-0.4, -0.2) is 33.2 Å². The molecule has 0 aromatic carbocycles. The van der Waals surface area contributed by atoms with Gasteiger partial charge < -0.3 is 15.3 Å². The second-order valence-electron chi connectivity index (χ2n) is 11.5. The minimum absolute atomic E-state index is 0.190. The normalized spacial score (nSPS) is 11.0. The maximum Gasteiger partial charge on any atom is 0.331 e. The molecule has 0 aliphatic rings. The Morgan fingerprint density at radius 1 is 0.512 bits per heavy atom. The van der Waals surface area contributed by atoms with Crippen molar-refractivity contribution in [3.05, 3.63) is 36.5 Å². The number of rotatable bonds is 24. The molecule has 6 heteroatoms. The molecular formula is C35H64O6. The molecule has 41 heavy (non-hydrogen) atoms. The smallest absolute Gasteiger partial charge is 0.331 e. The fraction of sp³-hybridized carbons (Fsp3) is 0.743. The summed E-state index contributed by atoms with van der Waals surface area (Å²) in [5.41, 5.74) is 1.08. The van der Waals surface area contributed by atoms with E-state index in [0.717, 1.165) is 51.4 Å².